The molecule has 4 fully saturated rings. The number of thioether (sulfide) groups is 2. The summed E-state index contributed by atoms with van der Waals surface area (Å²) in [6.07, 6.45) is 9.30. The van der Waals surface area contributed by atoms with E-state index >= 15 is 0 Å². The van der Waals surface area contributed by atoms with Gasteiger partial charge < -0.3 is 81.6 Å². The van der Waals surface area contributed by atoms with Gasteiger partial charge in [0.15, 0.2) is 0 Å². The van der Waals surface area contributed by atoms with Gasteiger partial charge in [-0.15, -0.1) is 0 Å². The van der Waals surface area contributed by atoms with Gasteiger partial charge in [0.1, 0.15) is 0 Å². The van der Waals surface area contributed by atoms with Crippen molar-refractivity contribution in [2.45, 2.75) is 137 Å². The number of hydrogen-bond acceptors (Lipinski definition) is 17. The zero-order valence-corrected chi connectivity index (χ0v) is 52.2. The maximum atomic E-state index is 12.8. The summed E-state index contributed by atoms with van der Waals surface area (Å²) in [5, 5.41) is 31.7. The van der Waals surface area contributed by atoms with E-state index < -0.39 is 0 Å². The summed E-state index contributed by atoms with van der Waals surface area (Å²) in [5.41, 5.74) is 2.35. The topological polar surface area (TPSA) is 325 Å². The first-order valence-corrected chi connectivity index (χ1v) is 33.4. The smallest absolute Gasteiger partial charge is 0.315 e. The maximum Gasteiger partial charge on any atom is 0.315 e. The molecule has 5 heterocycles. The zero-order chi connectivity index (χ0) is 62.0. The van der Waals surface area contributed by atoms with Crippen LogP contribution in [0.4, 0.5) is 21.0 Å². The number of ether oxygens (including phenoxy) is 6. The number of carbonyl (C=O) groups excluding carboxylic acids is 8. The number of carbonyl (C=O) groups is 8. The molecule has 486 valence electrons. The van der Waals surface area contributed by atoms with Gasteiger partial charge in [-0.05, 0) is 81.7 Å². The van der Waals surface area contributed by atoms with Crippen LogP contribution in [0.15, 0.2) is 42.5 Å². The van der Waals surface area contributed by atoms with E-state index in [1.807, 2.05) is 41.7 Å². The molecule has 25 nitrogen and oxygen atoms in total. The predicted molar refractivity (Wildman–Crippen MR) is 338 cm³/mol. The Labute approximate surface area is 523 Å². The third-order valence-electron chi connectivity index (χ3n) is 15.1. The number of urea groups is 2. The minimum atomic E-state index is -0.308. The molecule has 4 aliphatic rings. The van der Waals surface area contributed by atoms with Gasteiger partial charge in [0.05, 0.1) is 88.1 Å². The van der Waals surface area contributed by atoms with Gasteiger partial charge in [-0.3, -0.25) is 28.8 Å². The van der Waals surface area contributed by atoms with Crippen molar-refractivity contribution in [2.24, 2.45) is 0 Å². The van der Waals surface area contributed by atoms with Crippen LogP contribution in [-0.4, -0.2) is 204 Å². The molecule has 0 spiro atoms. The lowest BCUT2D eigenvalue weighted by Crippen LogP contribution is -2.36. The second kappa shape index (κ2) is 39.8. The molecule has 27 heteroatoms. The quantitative estimate of drug-likeness (QED) is 0.0213. The summed E-state index contributed by atoms with van der Waals surface area (Å²) >= 11 is 3.78. The van der Waals surface area contributed by atoms with Crippen LogP contribution >= 0.6 is 23.5 Å². The molecule has 4 aliphatic heterocycles. The molecule has 0 unspecified atom stereocenters. The zero-order valence-electron chi connectivity index (χ0n) is 50.5. The van der Waals surface area contributed by atoms with E-state index in [9.17, 15) is 38.4 Å². The van der Waals surface area contributed by atoms with Crippen LogP contribution in [0, 0.1) is 0 Å². The van der Waals surface area contributed by atoms with Crippen molar-refractivity contribution in [2.75, 3.05) is 128 Å². The Balaban J connectivity index is 0.609. The number of unbranched alkanes of at least 4 members (excludes halogenated alkanes) is 2. The van der Waals surface area contributed by atoms with Crippen LogP contribution in [0.25, 0.3) is 21.8 Å². The van der Waals surface area contributed by atoms with Gasteiger partial charge in [0, 0.05) is 135 Å². The van der Waals surface area contributed by atoms with Crippen LogP contribution in [0.5, 0.6) is 0 Å². The molecule has 4 saturated heterocycles. The fourth-order valence-electron chi connectivity index (χ4n) is 10.5. The SMILES string of the molecule is O=C(CCCC[C@@H]1SC[C@@H]2NC(=O)N[C@@H]21)NCCCOCCOCCOCCCNC(=O)CCC(=O)Nc1ccc2cc3ccc(NC(=O)CCC(=O)NCCCOCCOCCOCCCNC(=O)CCCC[C@@H]4SC[C@@H]5NC(=O)N[C@@H]54)cc3nc2c1. The first-order chi connectivity index (χ1) is 42.9. The van der Waals surface area contributed by atoms with Gasteiger partial charge in [0.25, 0.3) is 0 Å². The van der Waals surface area contributed by atoms with Gasteiger partial charge in [0.2, 0.25) is 35.4 Å². The van der Waals surface area contributed by atoms with Crippen LogP contribution in [0.1, 0.15) is 103 Å². The lowest BCUT2D eigenvalue weighted by Gasteiger charge is -2.16. The molecule has 0 bridgehead atoms. The number of pyridine rings is 1. The van der Waals surface area contributed by atoms with E-state index in [0.717, 1.165) is 73.6 Å². The van der Waals surface area contributed by atoms with Gasteiger partial charge in [-0.25, -0.2) is 14.6 Å². The predicted octanol–water partition coefficient (Wildman–Crippen LogP) is 4.40. The number of anilines is 2. The molecule has 7 rings (SSSR count). The van der Waals surface area contributed by atoms with Crippen molar-refractivity contribution in [3.63, 3.8) is 0 Å². The summed E-state index contributed by atoms with van der Waals surface area (Å²) in [5.74, 6) is 0.904. The van der Waals surface area contributed by atoms with Gasteiger partial charge in [-0.2, -0.15) is 23.5 Å². The third kappa shape index (κ3) is 26.2. The van der Waals surface area contributed by atoms with E-state index in [1.54, 1.807) is 24.3 Å². The minimum absolute atomic E-state index is 0.00257. The van der Waals surface area contributed by atoms with E-state index in [0.29, 0.717) is 164 Å². The first kappa shape index (κ1) is 69.4. The maximum absolute atomic E-state index is 12.8. The van der Waals surface area contributed by atoms with Crippen molar-refractivity contribution in [1.29, 1.82) is 0 Å². The van der Waals surface area contributed by atoms with Crippen LogP contribution in [0.2, 0.25) is 0 Å². The second-order valence-corrected chi connectivity index (χ2v) is 24.7. The van der Waals surface area contributed by atoms with Crippen LogP contribution in [0.3, 0.4) is 0 Å². The van der Waals surface area contributed by atoms with E-state index in [-0.39, 0.29) is 97.4 Å². The molecule has 88 heavy (non-hydrogen) atoms. The second-order valence-electron chi connectivity index (χ2n) is 22.1. The molecular formula is C61H91N11O14S2. The Morgan fingerprint density at radius 2 is 0.750 bits per heavy atom. The van der Waals surface area contributed by atoms with Gasteiger partial charge in [-0.1, -0.05) is 25.0 Å². The highest BCUT2D eigenvalue weighted by molar-refractivity contribution is 8.00. The highest BCUT2D eigenvalue weighted by atomic mass is 32.2. The monoisotopic (exact) mass is 1270 g/mol. The summed E-state index contributed by atoms with van der Waals surface area (Å²) < 4.78 is 33.5. The van der Waals surface area contributed by atoms with Gasteiger partial charge >= 0.3 is 12.1 Å². The van der Waals surface area contributed by atoms with Crippen molar-refractivity contribution >= 4 is 104 Å². The van der Waals surface area contributed by atoms with Crippen molar-refractivity contribution in [3.8, 4) is 0 Å². The lowest BCUT2D eigenvalue weighted by atomic mass is 10.0. The number of hydrogen-bond donors (Lipinski definition) is 10. The molecule has 10 N–H and O–H groups in total. The average Bonchev–Trinajstić information content (AvgIpc) is 4.50. The fraction of sp³-hybridized carbons (Fsp3) is 0.656. The Morgan fingerprint density at radius 1 is 0.409 bits per heavy atom. The minimum Gasteiger partial charge on any atom is -0.379 e. The highest BCUT2D eigenvalue weighted by Gasteiger charge is 2.43. The molecule has 0 radical (unpaired) electrons. The number of nitrogens with one attached hydrogen (secondary N) is 10. The first-order valence-electron chi connectivity index (χ1n) is 31.3. The molecule has 6 atom stereocenters. The Hall–Kier alpha value is -6.07. The molecular weight excluding hydrogens is 1170 g/mol. The third-order valence-corrected chi connectivity index (χ3v) is 18.2. The van der Waals surface area contributed by atoms with Crippen molar-refractivity contribution in [1.82, 2.24) is 47.5 Å². The lowest BCUT2D eigenvalue weighted by molar-refractivity contribution is -0.124. The molecule has 10 amide bonds. The molecule has 0 aliphatic carbocycles. The number of fused-ring (bicyclic) bond motifs is 4. The highest BCUT2D eigenvalue weighted by Crippen LogP contribution is 2.34. The standard InChI is InChI=1S/C61H91N11O14S2/c73-52(11-3-1-9-50-58-48(40-87-50)69-60(79)71-58)62-21-5-25-81-29-33-85-35-31-83-27-7-23-64-54(75)17-19-56(77)66-44-15-13-42-37-43-14-16-45(39-47(43)68-46(42)38-44)67-57(78)20-18-55(76)65-24-8-28-84-32-36-86-34-30-82-26-6-22-63-53(74)12-4-2-10-51-59-49(41-88-51)70-61(80)72-59/h13-16,37-39,48-51,58-59H,1-12,17-36,40-41H2,(H,62,73)(H,63,74)(H,64,75)(H,65,76)(H,66,77)(H,67,78)(H2,69,71,79)(H2,70,72,80)/t48-,49-,50-,51-,58-,59-/m0/s1. The van der Waals surface area contributed by atoms with Crippen LogP contribution < -0.4 is 53.2 Å². The molecule has 2 aromatic carbocycles. The van der Waals surface area contributed by atoms with Crippen molar-refractivity contribution < 1.29 is 66.8 Å². The number of aromatic nitrogens is 1. The summed E-state index contributed by atoms with van der Waals surface area (Å²) in [6.45, 7) is 7.34. The van der Waals surface area contributed by atoms with E-state index in [4.69, 9.17) is 33.4 Å². The number of benzene rings is 2. The number of nitrogens with zero attached hydrogens (tertiary/aromatic N) is 1. The Morgan fingerprint density at radius 3 is 1.12 bits per heavy atom. The van der Waals surface area contributed by atoms with Crippen molar-refractivity contribution in [3.05, 3.63) is 42.5 Å². The fourth-order valence-corrected chi connectivity index (χ4v) is 13.6. The molecule has 3 aromatic rings. The molecule has 0 saturated carbocycles. The van der Waals surface area contributed by atoms with E-state index in [2.05, 4.69) is 53.2 Å². The largest absolute Gasteiger partial charge is 0.379 e. The number of rotatable bonds is 46. The normalized spacial score (nSPS) is 19.1. The number of amides is 10. The summed E-state index contributed by atoms with van der Waals surface area (Å²) in [6, 6.07) is 13.5. The van der Waals surface area contributed by atoms with Crippen LogP contribution in [-0.2, 0) is 57.2 Å². The molecule has 1 aromatic heterocycles. The Bertz CT molecular complexity index is 2540. The summed E-state index contributed by atoms with van der Waals surface area (Å²) in [4.78, 5) is 103. The summed E-state index contributed by atoms with van der Waals surface area (Å²) in [7, 11) is 0. The van der Waals surface area contributed by atoms with E-state index in [1.165, 1.54) is 0 Å². The Kier molecular flexibility index (Phi) is 31.4. The average molecular weight is 1270 g/mol.